The third-order valence-electron chi connectivity index (χ3n) is 11.6. The first kappa shape index (κ1) is 54.9. The molecule has 0 spiro atoms. The van der Waals surface area contributed by atoms with E-state index in [0.717, 1.165) is 24.3 Å². The van der Waals surface area contributed by atoms with Gasteiger partial charge in [0.25, 0.3) is 0 Å². The molecule has 0 aliphatic heterocycles. The Balaban J connectivity index is 0.999. The Morgan fingerprint density at radius 3 is 1.53 bits per heavy atom. The summed E-state index contributed by atoms with van der Waals surface area (Å²) in [6, 6.07) is 17.1. The number of aryl methyl sites for hydroxylation is 1. The van der Waals surface area contributed by atoms with Crippen molar-refractivity contribution in [3.63, 3.8) is 0 Å². The maximum absolute atomic E-state index is 13.2. The monoisotopic (exact) mass is 994 g/mol. The Morgan fingerprint density at radius 1 is 0.542 bits per heavy atom. The van der Waals surface area contributed by atoms with Crippen LogP contribution in [0.1, 0.15) is 78.1 Å². The van der Waals surface area contributed by atoms with Gasteiger partial charge in [0.2, 0.25) is 0 Å². The number of hydrogen-bond donors (Lipinski definition) is 0. The zero-order valence-corrected chi connectivity index (χ0v) is 40.2. The van der Waals surface area contributed by atoms with Crippen LogP contribution in [0.25, 0.3) is 0 Å². The van der Waals surface area contributed by atoms with Crippen molar-refractivity contribution in [3.8, 4) is 23.0 Å². The number of hydrogen-bond acceptors (Lipinski definition) is 18. The van der Waals surface area contributed by atoms with Gasteiger partial charge in [-0.05, 0) is 130 Å². The first-order chi connectivity index (χ1) is 34.6. The molecule has 5 atom stereocenters. The van der Waals surface area contributed by atoms with Crippen LogP contribution in [0, 0.1) is 24.7 Å². The number of ether oxygens (including phenoxy) is 10. The number of carbonyl (C=O) groups excluding carboxylic acids is 8. The van der Waals surface area contributed by atoms with Gasteiger partial charge in [0, 0.05) is 24.3 Å². The van der Waals surface area contributed by atoms with E-state index in [0.29, 0.717) is 67.6 Å². The van der Waals surface area contributed by atoms with E-state index < -0.39 is 84.0 Å². The highest BCUT2D eigenvalue weighted by Crippen LogP contribution is 2.34. The van der Waals surface area contributed by atoms with Crippen LogP contribution >= 0.6 is 0 Å². The van der Waals surface area contributed by atoms with Gasteiger partial charge in [-0.15, -0.1) is 0 Å². The minimum atomic E-state index is -0.925. The van der Waals surface area contributed by atoms with Crippen LogP contribution in [-0.4, -0.2) is 98.6 Å². The maximum atomic E-state index is 13.2. The molecule has 18 nitrogen and oxygen atoms in total. The van der Waals surface area contributed by atoms with E-state index in [1.165, 1.54) is 12.1 Å². The summed E-state index contributed by atoms with van der Waals surface area (Å²) < 4.78 is 54.7. The fourth-order valence-corrected chi connectivity index (χ4v) is 7.70. The lowest BCUT2D eigenvalue weighted by Crippen LogP contribution is -2.35. The second-order valence-corrected chi connectivity index (χ2v) is 16.9. The van der Waals surface area contributed by atoms with Gasteiger partial charge in [-0.1, -0.05) is 33.2 Å². The highest BCUT2D eigenvalue weighted by Gasteiger charge is 2.35. The molecule has 5 unspecified atom stereocenters. The van der Waals surface area contributed by atoms with Gasteiger partial charge in [0.05, 0.1) is 23.0 Å². The summed E-state index contributed by atoms with van der Waals surface area (Å²) in [6.07, 6.45) is 4.35. The number of benzene rings is 3. The van der Waals surface area contributed by atoms with E-state index in [1.807, 2.05) is 6.92 Å². The molecule has 2 aliphatic carbocycles. The Morgan fingerprint density at radius 2 is 1.01 bits per heavy atom. The molecule has 2 fully saturated rings. The molecule has 72 heavy (non-hydrogen) atoms. The van der Waals surface area contributed by atoms with Crippen molar-refractivity contribution in [2.45, 2.75) is 83.2 Å². The molecular formula is C54H58O18. The van der Waals surface area contributed by atoms with Gasteiger partial charge in [-0.25, -0.2) is 28.8 Å². The normalized spacial score (nSPS) is 18.9. The molecule has 0 radical (unpaired) electrons. The second kappa shape index (κ2) is 27.4. The molecule has 0 heterocycles. The third-order valence-corrected chi connectivity index (χ3v) is 11.6. The van der Waals surface area contributed by atoms with E-state index in [9.17, 15) is 38.4 Å². The lowest BCUT2D eigenvalue weighted by atomic mass is 9.80. The minimum absolute atomic E-state index is 0.142. The fraction of sp³-hybridized carbons (Fsp3) is 0.370. The fourth-order valence-electron chi connectivity index (χ4n) is 7.70. The average molecular weight is 995 g/mol. The largest absolute Gasteiger partial charge is 0.490 e. The molecule has 2 saturated carbocycles. The summed E-state index contributed by atoms with van der Waals surface area (Å²) in [5.41, 5.74) is 1.19. The Hall–Kier alpha value is -8.02. The van der Waals surface area contributed by atoms with Crippen molar-refractivity contribution < 1.29 is 85.7 Å². The van der Waals surface area contributed by atoms with Crippen molar-refractivity contribution >= 4 is 47.8 Å². The molecular weight excluding hydrogens is 937 g/mol. The topological polar surface area (TPSA) is 229 Å². The molecule has 5 rings (SSSR count). The molecule has 0 amide bonds. The summed E-state index contributed by atoms with van der Waals surface area (Å²) in [4.78, 5) is 98.8. The first-order valence-electron chi connectivity index (χ1n) is 23.2. The van der Waals surface area contributed by atoms with E-state index in [-0.39, 0.29) is 49.4 Å². The second-order valence-electron chi connectivity index (χ2n) is 16.9. The van der Waals surface area contributed by atoms with Crippen molar-refractivity contribution in [1.82, 2.24) is 0 Å². The van der Waals surface area contributed by atoms with Crippen LogP contribution in [0.15, 0.2) is 117 Å². The summed E-state index contributed by atoms with van der Waals surface area (Å²) in [6.45, 7) is 16.2. The van der Waals surface area contributed by atoms with E-state index in [4.69, 9.17) is 47.4 Å². The predicted octanol–water partition coefficient (Wildman–Crippen LogP) is 7.30. The molecule has 0 bridgehead atoms. The zero-order chi connectivity index (χ0) is 52.2. The van der Waals surface area contributed by atoms with E-state index in [1.54, 1.807) is 61.5 Å². The summed E-state index contributed by atoms with van der Waals surface area (Å²) >= 11 is 0. The zero-order valence-electron chi connectivity index (χ0n) is 40.2. The number of rotatable bonds is 24. The summed E-state index contributed by atoms with van der Waals surface area (Å²) in [7, 11) is 0. The number of carbonyl (C=O) groups is 8. The quantitative estimate of drug-likeness (QED) is 0.0371. The highest BCUT2D eigenvalue weighted by atomic mass is 16.6. The van der Waals surface area contributed by atoms with Crippen LogP contribution in [0.5, 0.6) is 23.0 Å². The summed E-state index contributed by atoms with van der Waals surface area (Å²) in [5.74, 6) is -4.39. The van der Waals surface area contributed by atoms with Crippen LogP contribution < -0.4 is 18.9 Å². The molecule has 0 aromatic heterocycles. The minimum Gasteiger partial charge on any atom is -0.490 e. The van der Waals surface area contributed by atoms with Gasteiger partial charge in [-0.3, -0.25) is 9.59 Å². The van der Waals surface area contributed by atoms with Crippen molar-refractivity contribution in [2.75, 3.05) is 26.4 Å². The van der Waals surface area contributed by atoms with Gasteiger partial charge < -0.3 is 47.4 Å². The molecule has 3 aromatic rings. The van der Waals surface area contributed by atoms with Crippen molar-refractivity contribution in [2.24, 2.45) is 17.8 Å². The molecule has 18 heteroatoms. The van der Waals surface area contributed by atoms with Crippen LogP contribution in [0.2, 0.25) is 0 Å². The SMILES string of the molecule is C=CC(=O)OCC(COc1ccc(C(=O)OC2CCC(C(=O)Oc3ccc(OC(=O)C4CCC(OC(=O)c5ccc(OCC(COC(=O)C=C)OC(=O)C=C)c(C)c5)C(C)C4)cc3)CC2)cc1)OC(=O)C=C. The van der Waals surface area contributed by atoms with Gasteiger partial charge in [0.15, 0.2) is 12.2 Å². The predicted molar refractivity (Wildman–Crippen MR) is 256 cm³/mol. The lowest BCUT2D eigenvalue weighted by molar-refractivity contribution is -0.154. The van der Waals surface area contributed by atoms with Gasteiger partial charge in [0.1, 0.15) is 61.6 Å². The van der Waals surface area contributed by atoms with E-state index in [2.05, 4.69) is 26.3 Å². The van der Waals surface area contributed by atoms with Crippen molar-refractivity contribution in [3.05, 3.63) is 134 Å². The molecule has 0 saturated heterocycles. The van der Waals surface area contributed by atoms with Crippen molar-refractivity contribution in [1.29, 1.82) is 0 Å². The molecule has 0 N–H and O–H groups in total. The van der Waals surface area contributed by atoms with Gasteiger partial charge >= 0.3 is 47.8 Å². The Labute approximate surface area is 416 Å². The van der Waals surface area contributed by atoms with Crippen LogP contribution in [-0.2, 0) is 57.2 Å². The molecule has 382 valence electrons. The Kier molecular flexibility index (Phi) is 20.9. The average Bonchev–Trinajstić information content (AvgIpc) is 3.39. The smallest absolute Gasteiger partial charge is 0.338 e. The van der Waals surface area contributed by atoms with Crippen LogP contribution in [0.4, 0.5) is 0 Å². The van der Waals surface area contributed by atoms with Crippen LogP contribution in [0.3, 0.4) is 0 Å². The standard InChI is InChI=1S/C54H58O18/c1-7-47(55)65-31-43(67-49(57)9-3)29-63-39-17-11-35(12-18-39)51(59)69-40-19-13-36(14-20-40)52(60)70-41-21-23-42(24-22-41)71-53(61)37-16-26-46(34(6)28-37)72-54(62)38-15-25-45(33(5)27-38)64-30-44(68-50(58)10-4)32-66-48(56)8-2/h7-12,15,17-18,21-25,27,34,36-37,40,43-44,46H,1-4,13-14,16,19-20,26,28-32H2,5-6H3. The lowest BCUT2D eigenvalue weighted by Gasteiger charge is -2.32. The Bertz CT molecular complexity index is 2450. The van der Waals surface area contributed by atoms with E-state index >= 15 is 0 Å². The van der Waals surface area contributed by atoms with Gasteiger partial charge in [-0.2, -0.15) is 0 Å². The number of esters is 8. The maximum Gasteiger partial charge on any atom is 0.338 e. The highest BCUT2D eigenvalue weighted by molar-refractivity contribution is 5.90. The first-order valence-corrected chi connectivity index (χ1v) is 23.2. The molecule has 3 aromatic carbocycles. The molecule has 2 aliphatic rings. The summed E-state index contributed by atoms with van der Waals surface area (Å²) in [5, 5.41) is 0. The third kappa shape index (κ3) is 17.1.